The largest absolute Gasteiger partial charge is 0.324 e. The minimum Gasteiger partial charge on any atom is -0.324 e. The Morgan fingerprint density at radius 2 is 1.84 bits per heavy atom. The second kappa shape index (κ2) is 5.53. The Morgan fingerprint density at radius 1 is 1.16 bits per heavy atom. The standard InChI is InChI=1S/C15H22N4/c1-10(2)19-14(17-18-15(19)9-16)8-13-7-11(3)5-6-12(13)4/h5-7,10H,8-9,16H2,1-4H3. The van der Waals surface area contributed by atoms with Crippen molar-refractivity contribution in [1.82, 2.24) is 14.8 Å². The highest BCUT2D eigenvalue weighted by atomic mass is 15.3. The van der Waals surface area contributed by atoms with Gasteiger partial charge >= 0.3 is 0 Å². The van der Waals surface area contributed by atoms with Gasteiger partial charge in [-0.3, -0.25) is 0 Å². The molecule has 1 heterocycles. The molecular weight excluding hydrogens is 236 g/mol. The summed E-state index contributed by atoms with van der Waals surface area (Å²) in [6.45, 7) is 8.94. The first-order valence-corrected chi connectivity index (χ1v) is 6.71. The van der Waals surface area contributed by atoms with Crippen molar-refractivity contribution in [3.8, 4) is 0 Å². The molecule has 2 N–H and O–H groups in total. The molecule has 0 fully saturated rings. The van der Waals surface area contributed by atoms with Crippen molar-refractivity contribution in [2.45, 2.75) is 46.7 Å². The molecule has 0 saturated carbocycles. The van der Waals surface area contributed by atoms with E-state index in [2.05, 4.69) is 60.7 Å². The van der Waals surface area contributed by atoms with E-state index in [1.165, 1.54) is 16.7 Å². The van der Waals surface area contributed by atoms with Gasteiger partial charge in [-0.2, -0.15) is 0 Å². The zero-order valence-electron chi connectivity index (χ0n) is 12.1. The van der Waals surface area contributed by atoms with Gasteiger partial charge in [0.25, 0.3) is 0 Å². The number of nitrogens with zero attached hydrogens (tertiary/aromatic N) is 3. The van der Waals surface area contributed by atoms with Crippen LogP contribution in [0.2, 0.25) is 0 Å². The smallest absolute Gasteiger partial charge is 0.147 e. The van der Waals surface area contributed by atoms with Crippen LogP contribution >= 0.6 is 0 Å². The van der Waals surface area contributed by atoms with Crippen LogP contribution in [0.25, 0.3) is 0 Å². The summed E-state index contributed by atoms with van der Waals surface area (Å²) in [6, 6.07) is 6.84. The molecule has 0 aliphatic carbocycles. The molecular formula is C15H22N4. The molecule has 0 aliphatic heterocycles. The predicted molar refractivity (Wildman–Crippen MR) is 77.0 cm³/mol. The maximum atomic E-state index is 5.73. The van der Waals surface area contributed by atoms with Crippen LogP contribution in [-0.2, 0) is 13.0 Å². The van der Waals surface area contributed by atoms with E-state index < -0.39 is 0 Å². The number of nitrogens with two attached hydrogens (primary N) is 1. The first-order chi connectivity index (χ1) is 9.02. The van der Waals surface area contributed by atoms with E-state index in [0.29, 0.717) is 12.6 Å². The third kappa shape index (κ3) is 2.84. The van der Waals surface area contributed by atoms with Gasteiger partial charge in [-0.1, -0.05) is 23.8 Å². The molecule has 0 radical (unpaired) electrons. The van der Waals surface area contributed by atoms with Gasteiger partial charge in [-0.15, -0.1) is 10.2 Å². The number of benzene rings is 1. The highest BCUT2D eigenvalue weighted by Crippen LogP contribution is 2.18. The van der Waals surface area contributed by atoms with Gasteiger partial charge in [0.2, 0.25) is 0 Å². The summed E-state index contributed by atoms with van der Waals surface area (Å²) in [6.07, 6.45) is 0.804. The first kappa shape index (κ1) is 13.7. The number of rotatable bonds is 4. The SMILES string of the molecule is Cc1ccc(C)c(Cc2nnc(CN)n2C(C)C)c1. The van der Waals surface area contributed by atoms with E-state index in [-0.39, 0.29) is 0 Å². The van der Waals surface area contributed by atoms with E-state index in [4.69, 9.17) is 5.73 Å². The Hall–Kier alpha value is -1.68. The highest BCUT2D eigenvalue weighted by molar-refractivity contribution is 5.32. The van der Waals surface area contributed by atoms with Gasteiger partial charge in [0, 0.05) is 12.5 Å². The number of aryl methyl sites for hydroxylation is 2. The van der Waals surface area contributed by atoms with Crippen molar-refractivity contribution < 1.29 is 0 Å². The van der Waals surface area contributed by atoms with E-state index in [1.807, 2.05) is 0 Å². The average Bonchev–Trinajstić information content (AvgIpc) is 2.77. The van der Waals surface area contributed by atoms with Crippen LogP contribution in [0.3, 0.4) is 0 Å². The molecule has 4 heteroatoms. The van der Waals surface area contributed by atoms with Crippen LogP contribution < -0.4 is 5.73 Å². The van der Waals surface area contributed by atoms with E-state index in [1.54, 1.807) is 0 Å². The van der Waals surface area contributed by atoms with Crippen LogP contribution in [-0.4, -0.2) is 14.8 Å². The maximum Gasteiger partial charge on any atom is 0.147 e. The number of hydrogen-bond acceptors (Lipinski definition) is 3. The third-order valence-corrected chi connectivity index (χ3v) is 3.39. The fourth-order valence-electron chi connectivity index (χ4n) is 2.38. The molecule has 2 aromatic rings. The Labute approximate surface area is 114 Å². The van der Waals surface area contributed by atoms with Crippen LogP contribution in [0.4, 0.5) is 0 Å². The summed E-state index contributed by atoms with van der Waals surface area (Å²) in [5.74, 6) is 1.85. The zero-order chi connectivity index (χ0) is 14.0. The van der Waals surface area contributed by atoms with Gasteiger partial charge < -0.3 is 10.3 Å². The normalized spacial score (nSPS) is 11.3. The minimum absolute atomic E-state index is 0.327. The van der Waals surface area contributed by atoms with Gasteiger partial charge in [0.1, 0.15) is 11.6 Å². The molecule has 0 saturated heterocycles. The summed E-state index contributed by atoms with van der Waals surface area (Å²) in [5.41, 5.74) is 9.59. The van der Waals surface area contributed by atoms with Gasteiger partial charge in [-0.05, 0) is 38.8 Å². The van der Waals surface area contributed by atoms with Gasteiger partial charge in [0.15, 0.2) is 0 Å². The Bertz CT molecular complexity index is 570. The van der Waals surface area contributed by atoms with E-state index in [0.717, 1.165) is 18.1 Å². The van der Waals surface area contributed by atoms with E-state index >= 15 is 0 Å². The topological polar surface area (TPSA) is 56.7 Å². The number of aromatic nitrogens is 3. The monoisotopic (exact) mass is 258 g/mol. The quantitative estimate of drug-likeness (QED) is 0.916. The summed E-state index contributed by atoms with van der Waals surface area (Å²) in [5, 5.41) is 8.50. The molecule has 0 atom stereocenters. The van der Waals surface area contributed by atoms with Crippen LogP contribution in [0.5, 0.6) is 0 Å². The predicted octanol–water partition coefficient (Wildman–Crippen LogP) is 2.53. The summed E-state index contributed by atoms with van der Waals surface area (Å²) >= 11 is 0. The summed E-state index contributed by atoms with van der Waals surface area (Å²) in [4.78, 5) is 0. The second-order valence-electron chi connectivity index (χ2n) is 5.31. The summed E-state index contributed by atoms with van der Waals surface area (Å²) < 4.78 is 2.14. The third-order valence-electron chi connectivity index (χ3n) is 3.39. The Kier molecular flexibility index (Phi) is 4.00. The van der Waals surface area contributed by atoms with Crippen LogP contribution in [0, 0.1) is 13.8 Å². The lowest BCUT2D eigenvalue weighted by Crippen LogP contribution is -2.13. The lowest BCUT2D eigenvalue weighted by atomic mass is 10.0. The molecule has 0 bridgehead atoms. The van der Waals surface area contributed by atoms with E-state index in [9.17, 15) is 0 Å². The molecule has 1 aromatic heterocycles. The van der Waals surface area contributed by atoms with Gasteiger partial charge in [-0.25, -0.2) is 0 Å². The lowest BCUT2D eigenvalue weighted by Gasteiger charge is -2.14. The first-order valence-electron chi connectivity index (χ1n) is 6.71. The average molecular weight is 258 g/mol. The fourth-order valence-corrected chi connectivity index (χ4v) is 2.38. The molecule has 2 rings (SSSR count). The van der Waals surface area contributed by atoms with Crippen molar-refractivity contribution in [3.05, 3.63) is 46.5 Å². The van der Waals surface area contributed by atoms with Crippen molar-refractivity contribution in [2.75, 3.05) is 0 Å². The molecule has 0 spiro atoms. The second-order valence-corrected chi connectivity index (χ2v) is 5.31. The maximum absolute atomic E-state index is 5.73. The number of hydrogen-bond donors (Lipinski definition) is 1. The minimum atomic E-state index is 0.327. The van der Waals surface area contributed by atoms with Crippen LogP contribution in [0.15, 0.2) is 18.2 Å². The molecule has 1 aromatic carbocycles. The van der Waals surface area contributed by atoms with Crippen molar-refractivity contribution in [1.29, 1.82) is 0 Å². The van der Waals surface area contributed by atoms with Crippen LogP contribution in [0.1, 0.15) is 48.2 Å². The molecule has 102 valence electrons. The van der Waals surface area contributed by atoms with Gasteiger partial charge in [0.05, 0.1) is 6.54 Å². The molecule has 0 aliphatic rings. The Balaban J connectivity index is 2.38. The fraction of sp³-hybridized carbons (Fsp3) is 0.467. The zero-order valence-corrected chi connectivity index (χ0v) is 12.1. The molecule has 0 amide bonds. The molecule has 0 unspecified atom stereocenters. The summed E-state index contributed by atoms with van der Waals surface area (Å²) in [7, 11) is 0. The van der Waals surface area contributed by atoms with Crippen molar-refractivity contribution in [3.63, 3.8) is 0 Å². The molecule has 4 nitrogen and oxygen atoms in total. The lowest BCUT2D eigenvalue weighted by molar-refractivity contribution is 0.548. The highest BCUT2D eigenvalue weighted by Gasteiger charge is 2.14. The van der Waals surface area contributed by atoms with Crippen molar-refractivity contribution >= 4 is 0 Å². The van der Waals surface area contributed by atoms with Crippen molar-refractivity contribution in [2.24, 2.45) is 5.73 Å². The molecule has 19 heavy (non-hydrogen) atoms. The Morgan fingerprint density at radius 3 is 2.47 bits per heavy atom.